The summed E-state index contributed by atoms with van der Waals surface area (Å²) in [5.41, 5.74) is 0.520. The fourth-order valence-corrected chi connectivity index (χ4v) is 2.48. The average Bonchev–Trinajstić information content (AvgIpc) is 2.53. The van der Waals surface area contributed by atoms with E-state index in [0.717, 1.165) is 25.9 Å². The first-order valence-corrected chi connectivity index (χ1v) is 7.97. The monoisotopic (exact) mass is 312 g/mol. The lowest BCUT2D eigenvalue weighted by Gasteiger charge is -2.25. The van der Waals surface area contributed by atoms with Crippen molar-refractivity contribution in [2.45, 2.75) is 52.8 Å². The fraction of sp³-hybridized carbons (Fsp3) is 0.688. The lowest BCUT2D eigenvalue weighted by Crippen LogP contribution is -2.28. The van der Waals surface area contributed by atoms with Crippen molar-refractivity contribution in [2.24, 2.45) is 0 Å². The van der Waals surface area contributed by atoms with Crippen LogP contribution in [-0.2, 0) is 19.7 Å². The smallest absolute Gasteiger partial charge is 0.223 e. The molecule has 0 aliphatic rings. The maximum Gasteiger partial charge on any atom is 0.223 e. The summed E-state index contributed by atoms with van der Waals surface area (Å²) in [6, 6.07) is 1.26. The van der Waals surface area contributed by atoms with Crippen molar-refractivity contribution in [1.29, 1.82) is 0 Å². The van der Waals surface area contributed by atoms with E-state index >= 15 is 0 Å². The quantitative estimate of drug-likeness (QED) is 0.601. The number of aromatic nitrogens is 1. The molecule has 1 heterocycles. The van der Waals surface area contributed by atoms with E-state index in [2.05, 4.69) is 11.8 Å². The van der Waals surface area contributed by atoms with Gasteiger partial charge in [-0.05, 0) is 25.9 Å². The Hall–Kier alpha value is -1.37. The summed E-state index contributed by atoms with van der Waals surface area (Å²) in [6.07, 6.45) is 2.63. The highest BCUT2D eigenvalue weighted by Crippen LogP contribution is 2.18. The number of rotatable bonds is 10. The van der Waals surface area contributed by atoms with Gasteiger partial charge in [-0.2, -0.15) is 0 Å². The van der Waals surface area contributed by atoms with Crippen LogP contribution in [0.4, 0.5) is 0 Å². The molecule has 0 aliphatic carbocycles. The van der Waals surface area contributed by atoms with Crippen molar-refractivity contribution in [2.75, 3.05) is 19.7 Å². The van der Waals surface area contributed by atoms with Gasteiger partial charge in [0.05, 0.1) is 12.3 Å². The van der Waals surface area contributed by atoms with E-state index in [1.54, 1.807) is 4.57 Å². The highest BCUT2D eigenvalue weighted by Gasteiger charge is 2.17. The standard InChI is InChI=1S/C16H28N2O4/c1-3-5-7-17(4-2)11-14-16(22)15(21)10-13(12-20)18(14)8-6-9-19/h10,19-20,22H,3-9,11-12H2,1-2H3. The Balaban J connectivity index is 3.17. The highest BCUT2D eigenvalue weighted by atomic mass is 16.3. The summed E-state index contributed by atoms with van der Waals surface area (Å²) in [6.45, 7) is 6.53. The fourth-order valence-electron chi connectivity index (χ4n) is 2.48. The van der Waals surface area contributed by atoms with Crippen molar-refractivity contribution in [3.8, 4) is 5.75 Å². The summed E-state index contributed by atoms with van der Waals surface area (Å²) in [4.78, 5) is 14.0. The highest BCUT2D eigenvalue weighted by molar-refractivity contribution is 5.30. The Morgan fingerprint density at radius 1 is 1.23 bits per heavy atom. The molecule has 0 saturated heterocycles. The minimum atomic E-state index is -0.467. The predicted molar refractivity (Wildman–Crippen MR) is 85.9 cm³/mol. The Bertz CT molecular complexity index is 514. The molecule has 1 rings (SSSR count). The van der Waals surface area contributed by atoms with Gasteiger partial charge >= 0.3 is 0 Å². The molecule has 126 valence electrons. The molecule has 22 heavy (non-hydrogen) atoms. The van der Waals surface area contributed by atoms with E-state index in [4.69, 9.17) is 5.11 Å². The normalized spacial score (nSPS) is 11.3. The minimum absolute atomic E-state index is 0.0184. The van der Waals surface area contributed by atoms with Gasteiger partial charge in [0.15, 0.2) is 5.75 Å². The molecule has 0 bridgehead atoms. The van der Waals surface area contributed by atoms with E-state index in [-0.39, 0.29) is 19.0 Å². The van der Waals surface area contributed by atoms with Crippen LogP contribution in [0.25, 0.3) is 0 Å². The molecule has 0 unspecified atom stereocenters. The Kier molecular flexibility index (Phi) is 8.16. The molecule has 0 amide bonds. The largest absolute Gasteiger partial charge is 0.503 e. The van der Waals surface area contributed by atoms with Gasteiger partial charge in [0.2, 0.25) is 5.43 Å². The Morgan fingerprint density at radius 3 is 2.50 bits per heavy atom. The van der Waals surface area contributed by atoms with E-state index in [1.165, 1.54) is 6.07 Å². The molecule has 0 saturated carbocycles. The van der Waals surface area contributed by atoms with Crippen LogP contribution < -0.4 is 5.43 Å². The van der Waals surface area contributed by atoms with Gasteiger partial charge in [-0.25, -0.2) is 0 Å². The molecule has 0 spiro atoms. The number of aliphatic hydroxyl groups excluding tert-OH is 2. The van der Waals surface area contributed by atoms with Crippen molar-refractivity contribution in [1.82, 2.24) is 9.47 Å². The molecule has 0 aliphatic heterocycles. The molecule has 1 aromatic heterocycles. The van der Waals surface area contributed by atoms with E-state index < -0.39 is 5.43 Å². The van der Waals surface area contributed by atoms with E-state index in [1.807, 2.05) is 6.92 Å². The van der Waals surface area contributed by atoms with Crippen molar-refractivity contribution in [3.05, 3.63) is 27.7 Å². The SMILES string of the molecule is CCCCN(CC)Cc1c(O)c(=O)cc(CO)n1CCCO. The number of hydrogen-bond acceptors (Lipinski definition) is 5. The zero-order valence-electron chi connectivity index (χ0n) is 13.6. The van der Waals surface area contributed by atoms with E-state index in [9.17, 15) is 15.0 Å². The third-order valence-electron chi connectivity index (χ3n) is 3.83. The molecule has 0 fully saturated rings. The van der Waals surface area contributed by atoms with Gasteiger partial charge in [0, 0.05) is 31.5 Å². The molecular formula is C16H28N2O4. The first-order chi connectivity index (χ1) is 10.6. The van der Waals surface area contributed by atoms with Gasteiger partial charge in [-0.15, -0.1) is 0 Å². The molecular weight excluding hydrogens is 284 g/mol. The Morgan fingerprint density at radius 2 is 1.95 bits per heavy atom. The molecule has 6 nitrogen and oxygen atoms in total. The Labute approximate surface area is 131 Å². The number of pyridine rings is 1. The molecule has 6 heteroatoms. The van der Waals surface area contributed by atoms with Crippen LogP contribution in [0.3, 0.4) is 0 Å². The van der Waals surface area contributed by atoms with Crippen LogP contribution >= 0.6 is 0 Å². The topological polar surface area (TPSA) is 85.9 Å². The maximum absolute atomic E-state index is 11.9. The number of hydrogen-bond donors (Lipinski definition) is 3. The van der Waals surface area contributed by atoms with Crippen LogP contribution in [0.15, 0.2) is 10.9 Å². The maximum atomic E-state index is 11.9. The molecule has 0 atom stereocenters. The van der Waals surface area contributed by atoms with Crippen molar-refractivity contribution in [3.63, 3.8) is 0 Å². The number of aromatic hydroxyl groups is 1. The number of nitrogens with zero attached hydrogens (tertiary/aromatic N) is 2. The van der Waals surface area contributed by atoms with Crippen molar-refractivity contribution >= 4 is 0 Å². The van der Waals surface area contributed by atoms with Crippen LogP contribution in [0, 0.1) is 0 Å². The van der Waals surface area contributed by atoms with Gasteiger partial charge in [0.1, 0.15) is 0 Å². The van der Waals surface area contributed by atoms with Gasteiger partial charge in [-0.3, -0.25) is 9.69 Å². The lowest BCUT2D eigenvalue weighted by atomic mass is 10.2. The minimum Gasteiger partial charge on any atom is -0.503 e. The summed E-state index contributed by atoms with van der Waals surface area (Å²) in [7, 11) is 0. The second kappa shape index (κ2) is 9.61. The van der Waals surface area contributed by atoms with Crippen LogP contribution in [-0.4, -0.2) is 44.5 Å². The summed E-state index contributed by atoms with van der Waals surface area (Å²) < 4.78 is 1.75. The predicted octanol–water partition coefficient (Wildman–Crippen LogP) is 1.05. The molecule has 3 N–H and O–H groups in total. The van der Waals surface area contributed by atoms with Crippen LogP contribution in [0.1, 0.15) is 44.5 Å². The second-order valence-corrected chi connectivity index (χ2v) is 5.40. The molecule has 1 aromatic rings. The third kappa shape index (κ3) is 4.83. The van der Waals surface area contributed by atoms with Gasteiger partial charge in [0.25, 0.3) is 0 Å². The third-order valence-corrected chi connectivity index (χ3v) is 3.83. The van der Waals surface area contributed by atoms with Gasteiger partial charge < -0.3 is 19.9 Å². The second-order valence-electron chi connectivity index (χ2n) is 5.40. The van der Waals surface area contributed by atoms with Gasteiger partial charge in [-0.1, -0.05) is 20.3 Å². The summed E-state index contributed by atoms with van der Waals surface area (Å²) >= 11 is 0. The number of unbranched alkanes of at least 4 members (excludes halogenated alkanes) is 1. The first kappa shape index (κ1) is 18.7. The lowest BCUT2D eigenvalue weighted by molar-refractivity contribution is 0.239. The number of aliphatic hydroxyl groups is 2. The van der Waals surface area contributed by atoms with E-state index in [0.29, 0.717) is 30.9 Å². The average molecular weight is 312 g/mol. The zero-order valence-corrected chi connectivity index (χ0v) is 13.6. The summed E-state index contributed by atoms with van der Waals surface area (Å²) in [5.74, 6) is -0.259. The van der Waals surface area contributed by atoms with Crippen LogP contribution in [0.5, 0.6) is 5.75 Å². The zero-order chi connectivity index (χ0) is 16.5. The molecule has 0 radical (unpaired) electrons. The van der Waals surface area contributed by atoms with Crippen LogP contribution in [0.2, 0.25) is 0 Å². The summed E-state index contributed by atoms with van der Waals surface area (Å²) in [5, 5.41) is 28.7. The molecule has 0 aromatic carbocycles. The van der Waals surface area contributed by atoms with Crippen molar-refractivity contribution < 1.29 is 15.3 Å². The first-order valence-electron chi connectivity index (χ1n) is 7.97.